The number of hydrogen-bond donors (Lipinski definition) is 1. The minimum Gasteiger partial charge on any atom is -0.314 e. The standard InChI is InChI=1S/C14H15F7N2.ClH/c15-11-2-1-9(7-10(11)14(19,20)21)12(8-13(16,17)18)23-5-3-22-4-6-23;/h1-2,7,12,22H,3-6,8H2;1H/t12-;/m0./s1. The first-order valence-corrected chi connectivity index (χ1v) is 6.96. The van der Waals surface area contributed by atoms with Crippen LogP contribution in [0.1, 0.15) is 23.6 Å². The van der Waals surface area contributed by atoms with Crippen molar-refractivity contribution in [3.8, 4) is 0 Å². The molecule has 24 heavy (non-hydrogen) atoms. The number of rotatable bonds is 3. The molecule has 10 heteroatoms. The van der Waals surface area contributed by atoms with E-state index in [1.807, 2.05) is 0 Å². The molecule has 1 heterocycles. The number of piperazine rings is 1. The topological polar surface area (TPSA) is 15.3 Å². The monoisotopic (exact) mass is 380 g/mol. The van der Waals surface area contributed by atoms with E-state index in [0.717, 1.165) is 6.07 Å². The van der Waals surface area contributed by atoms with Crippen molar-refractivity contribution in [2.24, 2.45) is 0 Å². The van der Waals surface area contributed by atoms with Gasteiger partial charge in [-0.3, -0.25) is 4.90 Å². The first-order chi connectivity index (χ1) is 10.6. The summed E-state index contributed by atoms with van der Waals surface area (Å²) in [6, 6.07) is 0.777. The molecule has 0 amide bonds. The maximum absolute atomic E-state index is 13.3. The highest BCUT2D eigenvalue weighted by atomic mass is 35.5. The minimum absolute atomic E-state index is 0. The Morgan fingerprint density at radius 1 is 1.04 bits per heavy atom. The summed E-state index contributed by atoms with van der Waals surface area (Å²) in [6.45, 7) is 1.45. The highest BCUT2D eigenvalue weighted by Crippen LogP contribution is 2.38. The molecule has 1 fully saturated rings. The normalized spacial score (nSPS) is 18.1. The summed E-state index contributed by atoms with van der Waals surface area (Å²) in [4.78, 5) is 1.47. The van der Waals surface area contributed by atoms with Crippen molar-refractivity contribution < 1.29 is 30.7 Å². The molecule has 1 N–H and O–H groups in total. The maximum atomic E-state index is 13.3. The van der Waals surface area contributed by atoms with Crippen molar-refractivity contribution in [2.75, 3.05) is 26.2 Å². The van der Waals surface area contributed by atoms with E-state index < -0.39 is 36.2 Å². The number of nitrogens with one attached hydrogen (secondary N) is 1. The lowest BCUT2D eigenvalue weighted by Gasteiger charge is -2.36. The van der Waals surface area contributed by atoms with Gasteiger partial charge < -0.3 is 5.32 Å². The molecule has 1 aromatic rings. The average Bonchev–Trinajstić information content (AvgIpc) is 2.44. The second kappa shape index (κ2) is 7.88. The molecule has 0 spiro atoms. The van der Waals surface area contributed by atoms with Gasteiger partial charge in [-0.25, -0.2) is 4.39 Å². The van der Waals surface area contributed by atoms with Gasteiger partial charge in [0.05, 0.1) is 12.0 Å². The van der Waals surface area contributed by atoms with Crippen LogP contribution in [0.15, 0.2) is 18.2 Å². The molecule has 1 aromatic carbocycles. The van der Waals surface area contributed by atoms with Crippen LogP contribution in [0.5, 0.6) is 0 Å². The van der Waals surface area contributed by atoms with Crippen LogP contribution in [0.25, 0.3) is 0 Å². The van der Waals surface area contributed by atoms with Crippen molar-refractivity contribution in [1.29, 1.82) is 0 Å². The van der Waals surface area contributed by atoms with Crippen molar-refractivity contribution in [3.05, 3.63) is 35.1 Å². The summed E-state index contributed by atoms with van der Waals surface area (Å²) in [6.07, 6.45) is -10.8. The molecule has 1 atom stereocenters. The Balaban J connectivity index is 0.00000288. The third kappa shape index (κ3) is 5.49. The van der Waals surface area contributed by atoms with Gasteiger partial charge in [0.2, 0.25) is 0 Å². The zero-order chi connectivity index (χ0) is 17.3. The third-order valence-electron chi connectivity index (χ3n) is 3.70. The van der Waals surface area contributed by atoms with Crippen LogP contribution in [0, 0.1) is 5.82 Å². The van der Waals surface area contributed by atoms with E-state index in [-0.39, 0.29) is 31.1 Å². The Labute approximate surface area is 140 Å². The first kappa shape index (κ1) is 21.0. The summed E-state index contributed by atoms with van der Waals surface area (Å²) in [5.41, 5.74) is -1.73. The van der Waals surface area contributed by atoms with Crippen molar-refractivity contribution >= 4 is 12.4 Å². The average molecular weight is 381 g/mol. The fraction of sp³-hybridized carbons (Fsp3) is 0.571. The second-order valence-electron chi connectivity index (χ2n) is 5.36. The van der Waals surface area contributed by atoms with Crippen LogP contribution in [-0.4, -0.2) is 37.3 Å². The third-order valence-corrected chi connectivity index (χ3v) is 3.70. The molecule has 0 bridgehead atoms. The number of hydrogen-bond acceptors (Lipinski definition) is 2. The molecule has 1 aliphatic rings. The van der Waals surface area contributed by atoms with Crippen LogP contribution >= 0.6 is 12.4 Å². The molecule has 0 aromatic heterocycles. The fourth-order valence-corrected chi connectivity index (χ4v) is 2.64. The summed E-state index contributed by atoms with van der Waals surface area (Å²) in [5.74, 6) is -1.49. The SMILES string of the molecule is Cl.Fc1ccc([C@H](CC(F)(F)F)N2CCNCC2)cc1C(F)(F)F. The Kier molecular flexibility index (Phi) is 6.89. The van der Waals surface area contributed by atoms with Gasteiger partial charge in [0.25, 0.3) is 0 Å². The summed E-state index contributed by atoms with van der Waals surface area (Å²) < 4.78 is 90.2. The molecule has 138 valence electrons. The molecule has 1 aliphatic heterocycles. The van der Waals surface area contributed by atoms with E-state index in [4.69, 9.17) is 0 Å². The Hall–Kier alpha value is -1.06. The molecule has 0 saturated carbocycles. The molecule has 2 rings (SSSR count). The van der Waals surface area contributed by atoms with E-state index >= 15 is 0 Å². The van der Waals surface area contributed by atoms with Crippen molar-refractivity contribution in [1.82, 2.24) is 10.2 Å². The molecule has 0 radical (unpaired) electrons. The molecule has 0 aliphatic carbocycles. The van der Waals surface area contributed by atoms with Crippen LogP contribution in [0.2, 0.25) is 0 Å². The lowest BCUT2D eigenvalue weighted by Crippen LogP contribution is -2.46. The second-order valence-corrected chi connectivity index (χ2v) is 5.36. The minimum atomic E-state index is -4.95. The van der Waals surface area contributed by atoms with Gasteiger partial charge in [-0.05, 0) is 17.7 Å². The van der Waals surface area contributed by atoms with Crippen LogP contribution in [0.3, 0.4) is 0 Å². The van der Waals surface area contributed by atoms with E-state index in [1.54, 1.807) is 0 Å². The largest absolute Gasteiger partial charge is 0.419 e. The lowest BCUT2D eigenvalue weighted by atomic mass is 9.98. The summed E-state index contributed by atoms with van der Waals surface area (Å²) >= 11 is 0. The van der Waals surface area contributed by atoms with E-state index in [1.165, 1.54) is 4.90 Å². The highest BCUT2D eigenvalue weighted by Gasteiger charge is 2.38. The van der Waals surface area contributed by atoms with Gasteiger partial charge >= 0.3 is 12.4 Å². The molecular weight excluding hydrogens is 365 g/mol. The number of nitrogens with zero attached hydrogens (tertiary/aromatic N) is 1. The van der Waals surface area contributed by atoms with E-state index in [0.29, 0.717) is 25.2 Å². The zero-order valence-corrected chi connectivity index (χ0v) is 13.2. The maximum Gasteiger partial charge on any atom is 0.419 e. The quantitative estimate of drug-likeness (QED) is 0.792. The molecule has 1 saturated heterocycles. The van der Waals surface area contributed by atoms with Crippen molar-refractivity contribution in [2.45, 2.75) is 24.8 Å². The van der Waals surface area contributed by atoms with E-state index in [9.17, 15) is 30.7 Å². The highest BCUT2D eigenvalue weighted by molar-refractivity contribution is 5.85. The van der Waals surface area contributed by atoms with Gasteiger partial charge in [-0.1, -0.05) is 6.07 Å². The summed E-state index contributed by atoms with van der Waals surface area (Å²) in [7, 11) is 0. The predicted molar refractivity (Wildman–Crippen MR) is 76.5 cm³/mol. The number of alkyl halides is 6. The first-order valence-electron chi connectivity index (χ1n) is 6.96. The number of halogens is 8. The van der Waals surface area contributed by atoms with E-state index in [2.05, 4.69) is 5.32 Å². The Morgan fingerprint density at radius 3 is 2.12 bits per heavy atom. The van der Waals surface area contributed by atoms with Gasteiger partial charge in [0.1, 0.15) is 5.82 Å². The van der Waals surface area contributed by atoms with Gasteiger partial charge in [0, 0.05) is 32.2 Å². The molecule has 0 unspecified atom stereocenters. The Morgan fingerprint density at radius 2 is 1.62 bits per heavy atom. The van der Waals surface area contributed by atoms with Crippen LogP contribution in [-0.2, 0) is 6.18 Å². The predicted octanol–water partition coefficient (Wildman–Crippen LogP) is 4.17. The molecular formula is C14H16ClF7N2. The van der Waals surface area contributed by atoms with Gasteiger partial charge in [-0.15, -0.1) is 12.4 Å². The van der Waals surface area contributed by atoms with Crippen molar-refractivity contribution in [3.63, 3.8) is 0 Å². The van der Waals surface area contributed by atoms with Gasteiger partial charge in [0.15, 0.2) is 0 Å². The lowest BCUT2D eigenvalue weighted by molar-refractivity contribution is -0.148. The summed E-state index contributed by atoms with van der Waals surface area (Å²) in [5, 5.41) is 2.97. The Bertz CT molecular complexity index is 539. The van der Waals surface area contributed by atoms with Gasteiger partial charge in [-0.2, -0.15) is 26.3 Å². The molecule has 2 nitrogen and oxygen atoms in total. The smallest absolute Gasteiger partial charge is 0.314 e. The van der Waals surface area contributed by atoms with Crippen LogP contribution in [0.4, 0.5) is 30.7 Å². The van der Waals surface area contributed by atoms with Crippen LogP contribution < -0.4 is 5.32 Å². The zero-order valence-electron chi connectivity index (χ0n) is 12.3. The fourth-order valence-electron chi connectivity index (χ4n) is 2.64. The number of benzene rings is 1.